The van der Waals surface area contributed by atoms with Crippen molar-refractivity contribution in [2.75, 3.05) is 13.7 Å². The lowest BCUT2D eigenvalue weighted by Gasteiger charge is -2.22. The van der Waals surface area contributed by atoms with Crippen molar-refractivity contribution in [1.82, 2.24) is 10.2 Å². The first-order chi connectivity index (χ1) is 12.6. The number of amides is 1. The average Bonchev–Trinajstić information content (AvgIpc) is 3.04. The molecule has 0 spiro atoms. The highest BCUT2D eigenvalue weighted by Gasteiger charge is 2.38. The second kappa shape index (κ2) is 8.15. The summed E-state index contributed by atoms with van der Waals surface area (Å²) in [7, 11) is 1.40. The number of benzene rings is 2. The molecule has 1 aliphatic heterocycles. The van der Waals surface area contributed by atoms with Crippen molar-refractivity contribution in [3.63, 3.8) is 0 Å². The van der Waals surface area contributed by atoms with Gasteiger partial charge in [-0.1, -0.05) is 48.0 Å². The zero-order valence-corrected chi connectivity index (χ0v) is 15.1. The molecule has 1 N–H and O–H groups in total. The number of rotatable bonds is 5. The fourth-order valence-corrected chi connectivity index (χ4v) is 3.36. The summed E-state index contributed by atoms with van der Waals surface area (Å²) in [5, 5.41) is 3.05. The van der Waals surface area contributed by atoms with Gasteiger partial charge in [-0.25, -0.2) is 0 Å². The Balaban J connectivity index is 1.68. The molecule has 1 amide bonds. The molecule has 0 unspecified atom stereocenters. The fraction of sp³-hybridized carbons (Fsp3) is 0.333. The van der Waals surface area contributed by atoms with Crippen LogP contribution in [0.1, 0.15) is 27.9 Å². The Morgan fingerprint density at radius 2 is 1.81 bits per heavy atom. The Morgan fingerprint density at radius 3 is 2.46 bits per heavy atom. The van der Waals surface area contributed by atoms with Crippen LogP contribution in [-0.2, 0) is 16.1 Å². The van der Waals surface area contributed by atoms with Crippen LogP contribution < -0.4 is 5.32 Å². The van der Waals surface area contributed by atoms with Crippen LogP contribution in [0, 0.1) is 6.92 Å². The van der Waals surface area contributed by atoms with Crippen LogP contribution in [0.5, 0.6) is 0 Å². The van der Waals surface area contributed by atoms with Gasteiger partial charge < -0.3 is 10.1 Å². The van der Waals surface area contributed by atoms with Crippen molar-refractivity contribution in [2.45, 2.75) is 32.0 Å². The highest BCUT2D eigenvalue weighted by atomic mass is 16.5. The number of carbonyl (C=O) groups is 2. The fourth-order valence-electron chi connectivity index (χ4n) is 3.36. The predicted molar refractivity (Wildman–Crippen MR) is 99.7 cm³/mol. The van der Waals surface area contributed by atoms with Gasteiger partial charge in [0.05, 0.1) is 7.11 Å². The van der Waals surface area contributed by atoms with Crippen LogP contribution in [0.25, 0.3) is 0 Å². The molecule has 2 aromatic carbocycles. The van der Waals surface area contributed by atoms with E-state index in [1.807, 2.05) is 61.5 Å². The minimum atomic E-state index is -0.344. The molecule has 1 aliphatic rings. The maximum Gasteiger partial charge on any atom is 0.323 e. The highest BCUT2D eigenvalue weighted by Crippen LogP contribution is 2.22. The summed E-state index contributed by atoms with van der Waals surface area (Å²) < 4.78 is 4.96. The summed E-state index contributed by atoms with van der Waals surface area (Å²) in [5.41, 5.74) is 2.88. The normalized spacial score (nSPS) is 19.9. The molecule has 0 radical (unpaired) electrons. The van der Waals surface area contributed by atoms with E-state index in [4.69, 9.17) is 4.74 Å². The first kappa shape index (κ1) is 18.1. The van der Waals surface area contributed by atoms with Crippen LogP contribution in [0.3, 0.4) is 0 Å². The van der Waals surface area contributed by atoms with Crippen LogP contribution in [-0.4, -0.2) is 42.5 Å². The van der Waals surface area contributed by atoms with Crippen LogP contribution in [0.15, 0.2) is 54.6 Å². The van der Waals surface area contributed by atoms with Gasteiger partial charge in [0.2, 0.25) is 0 Å². The van der Waals surface area contributed by atoms with Gasteiger partial charge in [0.15, 0.2) is 0 Å². The molecule has 1 saturated heterocycles. The van der Waals surface area contributed by atoms with Crippen molar-refractivity contribution < 1.29 is 14.3 Å². The molecular weight excluding hydrogens is 328 g/mol. The summed E-state index contributed by atoms with van der Waals surface area (Å²) in [4.78, 5) is 26.7. The first-order valence-corrected chi connectivity index (χ1v) is 8.80. The molecule has 1 fully saturated rings. The van der Waals surface area contributed by atoms with Gasteiger partial charge in [0.1, 0.15) is 6.04 Å². The summed E-state index contributed by atoms with van der Waals surface area (Å²) in [6, 6.07) is 17.0. The zero-order valence-electron chi connectivity index (χ0n) is 15.1. The summed E-state index contributed by atoms with van der Waals surface area (Å²) in [5.74, 6) is -0.367. The number of aryl methyl sites for hydroxylation is 1. The monoisotopic (exact) mass is 352 g/mol. The molecule has 2 atom stereocenters. The Hall–Kier alpha value is -2.66. The van der Waals surface area contributed by atoms with E-state index in [0.29, 0.717) is 25.1 Å². The lowest BCUT2D eigenvalue weighted by molar-refractivity contribution is -0.146. The maximum atomic E-state index is 12.5. The maximum absolute atomic E-state index is 12.5. The number of esters is 1. The average molecular weight is 352 g/mol. The summed E-state index contributed by atoms with van der Waals surface area (Å²) in [6.45, 7) is 3.25. The van der Waals surface area contributed by atoms with E-state index in [1.165, 1.54) is 7.11 Å². The van der Waals surface area contributed by atoms with Gasteiger partial charge in [-0.15, -0.1) is 0 Å². The standard InChI is InChI=1S/C21H24N2O3/c1-15-8-10-17(11-9-15)20(24)22-18-12-19(21(25)26-2)23(14-18)13-16-6-4-3-5-7-16/h3-11,18-19H,12-14H2,1-2H3,(H,22,24)/t18-,19-/m0/s1. The van der Waals surface area contributed by atoms with E-state index in [1.54, 1.807) is 0 Å². The number of hydrogen-bond acceptors (Lipinski definition) is 4. The van der Waals surface area contributed by atoms with Crippen molar-refractivity contribution in [3.05, 3.63) is 71.3 Å². The number of likely N-dealkylation sites (tertiary alicyclic amines) is 1. The molecule has 3 rings (SSSR count). The van der Waals surface area contributed by atoms with Gasteiger partial charge in [-0.05, 0) is 31.0 Å². The van der Waals surface area contributed by atoms with E-state index in [0.717, 1.165) is 11.1 Å². The SMILES string of the molecule is COC(=O)[C@@H]1C[C@H](NC(=O)c2ccc(C)cc2)CN1Cc1ccccc1. The van der Waals surface area contributed by atoms with Gasteiger partial charge in [-0.2, -0.15) is 0 Å². The largest absolute Gasteiger partial charge is 0.468 e. The van der Waals surface area contributed by atoms with E-state index >= 15 is 0 Å². The number of hydrogen-bond donors (Lipinski definition) is 1. The minimum Gasteiger partial charge on any atom is -0.468 e. The lowest BCUT2D eigenvalue weighted by atomic mass is 10.1. The lowest BCUT2D eigenvalue weighted by Crippen LogP contribution is -2.37. The molecule has 5 nitrogen and oxygen atoms in total. The quantitative estimate of drug-likeness (QED) is 0.840. The number of ether oxygens (including phenoxy) is 1. The number of nitrogens with zero attached hydrogens (tertiary/aromatic N) is 1. The van der Waals surface area contributed by atoms with Gasteiger partial charge >= 0.3 is 5.97 Å². The van der Waals surface area contributed by atoms with Crippen molar-refractivity contribution in [1.29, 1.82) is 0 Å². The van der Waals surface area contributed by atoms with Gasteiger partial charge in [-0.3, -0.25) is 14.5 Å². The summed E-state index contributed by atoms with van der Waals surface area (Å²) in [6.07, 6.45) is 0.553. The molecule has 0 saturated carbocycles. The second-order valence-corrected chi connectivity index (χ2v) is 6.73. The molecule has 136 valence electrons. The number of carbonyl (C=O) groups excluding carboxylic acids is 2. The van der Waals surface area contributed by atoms with Gasteiger partial charge in [0.25, 0.3) is 5.91 Å². The van der Waals surface area contributed by atoms with Crippen LogP contribution in [0.4, 0.5) is 0 Å². The van der Waals surface area contributed by atoms with Gasteiger partial charge in [0, 0.05) is 24.7 Å². The second-order valence-electron chi connectivity index (χ2n) is 6.73. The van der Waals surface area contributed by atoms with E-state index in [9.17, 15) is 9.59 Å². The topological polar surface area (TPSA) is 58.6 Å². The first-order valence-electron chi connectivity index (χ1n) is 8.80. The highest BCUT2D eigenvalue weighted by molar-refractivity contribution is 5.94. The van der Waals surface area contributed by atoms with Crippen molar-refractivity contribution in [2.24, 2.45) is 0 Å². The molecule has 2 aromatic rings. The Morgan fingerprint density at radius 1 is 1.12 bits per heavy atom. The third-order valence-electron chi connectivity index (χ3n) is 4.75. The van der Waals surface area contributed by atoms with Crippen LogP contribution >= 0.6 is 0 Å². The molecule has 26 heavy (non-hydrogen) atoms. The third-order valence-corrected chi connectivity index (χ3v) is 4.75. The molecule has 0 bridgehead atoms. The molecule has 0 aromatic heterocycles. The van der Waals surface area contributed by atoms with Crippen LogP contribution in [0.2, 0.25) is 0 Å². The van der Waals surface area contributed by atoms with E-state index < -0.39 is 0 Å². The Labute approximate surface area is 154 Å². The molecular formula is C21H24N2O3. The van der Waals surface area contributed by atoms with E-state index in [2.05, 4.69) is 10.2 Å². The Bertz CT molecular complexity index is 759. The Kier molecular flexibility index (Phi) is 5.68. The smallest absolute Gasteiger partial charge is 0.323 e. The van der Waals surface area contributed by atoms with Crippen molar-refractivity contribution in [3.8, 4) is 0 Å². The van der Waals surface area contributed by atoms with Crippen molar-refractivity contribution >= 4 is 11.9 Å². The number of methoxy groups -OCH3 is 1. The number of nitrogens with one attached hydrogen (secondary N) is 1. The molecule has 0 aliphatic carbocycles. The molecule has 1 heterocycles. The predicted octanol–water partition coefficient (Wildman–Crippen LogP) is 2.54. The zero-order chi connectivity index (χ0) is 18.5. The molecule has 5 heteroatoms. The minimum absolute atomic E-state index is 0.0865. The summed E-state index contributed by atoms with van der Waals surface area (Å²) >= 11 is 0. The van der Waals surface area contributed by atoms with E-state index in [-0.39, 0.29) is 24.0 Å². The third kappa shape index (κ3) is 4.29.